The molecule has 0 radical (unpaired) electrons. The molecule has 0 bridgehead atoms. The molecule has 0 heterocycles. The fraction of sp³-hybridized carbons (Fsp3) is 1.00. The fourth-order valence-corrected chi connectivity index (χ4v) is 3.31. The zero-order chi connectivity index (χ0) is 11.0. The summed E-state index contributed by atoms with van der Waals surface area (Å²) in [6, 6.07) is 0. The Hall–Kier alpha value is 0.690. The van der Waals surface area contributed by atoms with Crippen molar-refractivity contribution in [3.63, 3.8) is 0 Å². The Morgan fingerprint density at radius 2 is 1.73 bits per heavy atom. The quantitative estimate of drug-likeness (QED) is 0.297. The van der Waals surface area contributed by atoms with E-state index in [2.05, 4.69) is 29.5 Å². The van der Waals surface area contributed by atoms with Gasteiger partial charge in [0.1, 0.15) is 0 Å². The lowest BCUT2D eigenvalue weighted by molar-refractivity contribution is -0.0375. The Kier molecular flexibility index (Phi) is 7.23. The average Bonchev–Trinajstić information content (AvgIpc) is 2.51. The highest BCUT2D eigenvalue weighted by Crippen LogP contribution is 2.32. The lowest BCUT2D eigenvalue weighted by Crippen LogP contribution is -2.34. The van der Waals surface area contributed by atoms with Crippen LogP contribution in [0, 0.1) is 0 Å². The van der Waals surface area contributed by atoms with Gasteiger partial charge in [-0.05, 0) is 19.3 Å². The van der Waals surface area contributed by atoms with E-state index in [0.29, 0.717) is 0 Å². The predicted molar refractivity (Wildman–Crippen MR) is 74.8 cm³/mol. The van der Waals surface area contributed by atoms with Crippen molar-refractivity contribution in [3.8, 4) is 0 Å². The summed E-state index contributed by atoms with van der Waals surface area (Å²) in [5.41, 5.74) is 0.241. The molecule has 1 aliphatic carbocycles. The number of hydrogen-bond acceptors (Lipinski definition) is 1. The van der Waals surface area contributed by atoms with Gasteiger partial charge in [-0.15, -0.1) is 0 Å². The van der Waals surface area contributed by atoms with Crippen molar-refractivity contribution < 1.29 is 4.74 Å². The summed E-state index contributed by atoms with van der Waals surface area (Å²) in [7, 11) is 0. The molecule has 1 nitrogen and oxygen atoms in total. The van der Waals surface area contributed by atoms with Gasteiger partial charge in [0, 0.05) is 11.0 Å². The normalized spacial score (nSPS) is 21.2. The van der Waals surface area contributed by atoms with Gasteiger partial charge in [-0.1, -0.05) is 68.0 Å². The van der Waals surface area contributed by atoms with Gasteiger partial charge in [0.25, 0.3) is 0 Å². The summed E-state index contributed by atoms with van der Waals surface area (Å²) < 4.78 is 7.37. The molecule has 0 atom stereocenters. The molecule has 0 spiro atoms. The van der Waals surface area contributed by atoms with E-state index in [4.69, 9.17) is 4.74 Å². The molecular weight excluding hydrogens is 299 g/mol. The van der Waals surface area contributed by atoms with Crippen LogP contribution in [0.25, 0.3) is 0 Å². The molecule has 1 saturated carbocycles. The minimum atomic E-state index is 0.241. The van der Waals surface area contributed by atoms with Gasteiger partial charge in [-0.2, -0.15) is 0 Å². The third-order valence-electron chi connectivity index (χ3n) is 3.41. The second-order valence-corrected chi connectivity index (χ2v) is 5.55. The predicted octanol–water partition coefficient (Wildman–Crippen LogP) is 4.72. The van der Waals surface area contributed by atoms with Crippen molar-refractivity contribution in [1.29, 1.82) is 0 Å². The van der Waals surface area contributed by atoms with Crippen LogP contribution < -0.4 is 0 Å². The van der Waals surface area contributed by atoms with Crippen molar-refractivity contribution in [2.45, 2.75) is 70.3 Å². The zero-order valence-corrected chi connectivity index (χ0v) is 12.2. The Morgan fingerprint density at radius 1 is 1.07 bits per heavy atom. The number of rotatable bonds is 6. The lowest BCUT2D eigenvalue weighted by Gasteiger charge is -2.31. The van der Waals surface area contributed by atoms with Gasteiger partial charge >= 0.3 is 0 Å². The van der Waals surface area contributed by atoms with Crippen molar-refractivity contribution in [2.24, 2.45) is 0 Å². The molecule has 0 aromatic heterocycles. The maximum Gasteiger partial charge on any atom is 0.0771 e. The third-order valence-corrected chi connectivity index (χ3v) is 4.80. The highest BCUT2D eigenvalue weighted by molar-refractivity contribution is 14.1. The van der Waals surface area contributed by atoms with Crippen molar-refractivity contribution in [2.75, 3.05) is 11.0 Å². The Labute approximate surface area is 108 Å². The maximum absolute atomic E-state index is 6.19. The largest absolute Gasteiger partial charge is 0.374 e. The van der Waals surface area contributed by atoms with Crippen LogP contribution in [-0.2, 0) is 4.74 Å². The standard InChI is InChI=1S/C13H25IO/c1-2-3-8-11-15-13(12-14)9-6-4-5-7-10-13/h2-12H2,1H3. The summed E-state index contributed by atoms with van der Waals surface area (Å²) >= 11 is 2.51. The number of unbranched alkanes of at least 4 members (excludes halogenated alkanes) is 2. The second kappa shape index (κ2) is 7.88. The summed E-state index contributed by atoms with van der Waals surface area (Å²) in [6.45, 7) is 3.23. The Balaban J connectivity index is 2.29. The topological polar surface area (TPSA) is 9.23 Å². The fourth-order valence-electron chi connectivity index (χ4n) is 2.33. The number of ether oxygens (including phenoxy) is 1. The Bertz CT molecular complexity index is 151. The highest BCUT2D eigenvalue weighted by Gasteiger charge is 2.30. The van der Waals surface area contributed by atoms with Crippen LogP contribution in [0.5, 0.6) is 0 Å². The molecular formula is C13H25IO. The molecule has 1 aliphatic rings. The first-order chi connectivity index (χ1) is 7.33. The second-order valence-electron chi connectivity index (χ2n) is 4.79. The molecule has 0 N–H and O–H groups in total. The molecule has 0 unspecified atom stereocenters. The first-order valence-corrected chi connectivity index (χ1v) is 8.05. The molecule has 0 aromatic carbocycles. The van der Waals surface area contributed by atoms with E-state index >= 15 is 0 Å². The van der Waals surface area contributed by atoms with E-state index in [0.717, 1.165) is 6.61 Å². The Morgan fingerprint density at radius 3 is 2.27 bits per heavy atom. The van der Waals surface area contributed by atoms with E-state index in [1.165, 1.54) is 62.2 Å². The van der Waals surface area contributed by atoms with Gasteiger partial charge in [-0.25, -0.2) is 0 Å². The third kappa shape index (κ3) is 5.03. The van der Waals surface area contributed by atoms with Gasteiger partial charge in [0.2, 0.25) is 0 Å². The first-order valence-electron chi connectivity index (χ1n) is 6.53. The van der Waals surface area contributed by atoms with Crippen LogP contribution in [0.4, 0.5) is 0 Å². The van der Waals surface area contributed by atoms with E-state index in [-0.39, 0.29) is 5.60 Å². The van der Waals surface area contributed by atoms with Crippen LogP contribution in [0.2, 0.25) is 0 Å². The SMILES string of the molecule is CCCCCOC1(CI)CCCCCC1. The lowest BCUT2D eigenvalue weighted by atomic mass is 9.97. The molecule has 0 aromatic rings. The molecule has 1 fully saturated rings. The summed E-state index contributed by atoms with van der Waals surface area (Å²) in [6.07, 6.45) is 12.0. The highest BCUT2D eigenvalue weighted by atomic mass is 127. The maximum atomic E-state index is 6.19. The number of hydrogen-bond donors (Lipinski definition) is 0. The van der Waals surface area contributed by atoms with E-state index < -0.39 is 0 Å². The summed E-state index contributed by atoms with van der Waals surface area (Å²) in [4.78, 5) is 0. The number of halogens is 1. The summed E-state index contributed by atoms with van der Waals surface area (Å²) in [5.74, 6) is 0. The van der Waals surface area contributed by atoms with E-state index in [1.807, 2.05) is 0 Å². The van der Waals surface area contributed by atoms with Gasteiger partial charge < -0.3 is 4.74 Å². The van der Waals surface area contributed by atoms with Gasteiger partial charge in [0.15, 0.2) is 0 Å². The molecule has 1 rings (SSSR count). The van der Waals surface area contributed by atoms with Crippen LogP contribution in [0.15, 0.2) is 0 Å². The smallest absolute Gasteiger partial charge is 0.0771 e. The minimum absolute atomic E-state index is 0.241. The molecule has 0 amide bonds. The molecule has 15 heavy (non-hydrogen) atoms. The van der Waals surface area contributed by atoms with Crippen molar-refractivity contribution in [1.82, 2.24) is 0 Å². The van der Waals surface area contributed by atoms with E-state index in [9.17, 15) is 0 Å². The minimum Gasteiger partial charge on any atom is -0.374 e. The summed E-state index contributed by atoms with van der Waals surface area (Å²) in [5, 5.41) is 0. The molecule has 90 valence electrons. The van der Waals surface area contributed by atoms with Crippen LogP contribution in [-0.4, -0.2) is 16.6 Å². The van der Waals surface area contributed by atoms with Gasteiger partial charge in [-0.3, -0.25) is 0 Å². The van der Waals surface area contributed by atoms with Crippen LogP contribution in [0.1, 0.15) is 64.7 Å². The van der Waals surface area contributed by atoms with Crippen molar-refractivity contribution in [3.05, 3.63) is 0 Å². The molecule has 0 saturated heterocycles. The monoisotopic (exact) mass is 324 g/mol. The van der Waals surface area contributed by atoms with Crippen LogP contribution in [0.3, 0.4) is 0 Å². The van der Waals surface area contributed by atoms with Crippen molar-refractivity contribution >= 4 is 22.6 Å². The molecule has 0 aliphatic heterocycles. The zero-order valence-electron chi connectivity index (χ0n) is 10.1. The number of alkyl halides is 1. The van der Waals surface area contributed by atoms with Gasteiger partial charge in [0.05, 0.1) is 5.60 Å². The first kappa shape index (κ1) is 13.8. The molecule has 2 heteroatoms. The van der Waals surface area contributed by atoms with Crippen LogP contribution >= 0.6 is 22.6 Å². The van der Waals surface area contributed by atoms with E-state index in [1.54, 1.807) is 0 Å². The average molecular weight is 324 g/mol.